The van der Waals surface area contributed by atoms with Gasteiger partial charge in [0.1, 0.15) is 5.75 Å². The van der Waals surface area contributed by atoms with Crippen LogP contribution in [0.5, 0.6) is 5.75 Å². The number of methoxy groups -OCH3 is 1. The summed E-state index contributed by atoms with van der Waals surface area (Å²) < 4.78 is 31.4. The van der Waals surface area contributed by atoms with Crippen LogP contribution in [0.1, 0.15) is 10.4 Å². The van der Waals surface area contributed by atoms with Crippen molar-refractivity contribution < 1.29 is 22.9 Å². The molecule has 1 amide bonds. The highest BCUT2D eigenvalue weighted by Gasteiger charge is 2.31. The van der Waals surface area contributed by atoms with Crippen molar-refractivity contribution in [2.75, 3.05) is 18.5 Å². The Morgan fingerprint density at radius 2 is 1.88 bits per heavy atom. The van der Waals surface area contributed by atoms with E-state index in [9.17, 15) is 23.3 Å². The Morgan fingerprint density at radius 1 is 1.24 bits per heavy atom. The Bertz CT molecular complexity index is 942. The first kappa shape index (κ1) is 18.2. The van der Waals surface area contributed by atoms with Gasteiger partial charge in [0.25, 0.3) is 21.6 Å². The zero-order valence-electron chi connectivity index (χ0n) is 13.4. The average Bonchev–Trinajstić information content (AvgIpc) is 2.60. The van der Waals surface area contributed by atoms with E-state index in [0.29, 0.717) is 0 Å². The van der Waals surface area contributed by atoms with Gasteiger partial charge in [-0.05, 0) is 24.3 Å². The molecule has 0 saturated carbocycles. The van der Waals surface area contributed by atoms with Crippen molar-refractivity contribution in [3.63, 3.8) is 0 Å². The van der Waals surface area contributed by atoms with Crippen LogP contribution >= 0.6 is 0 Å². The van der Waals surface area contributed by atoms with Gasteiger partial charge >= 0.3 is 0 Å². The molecule has 2 aromatic carbocycles. The second-order valence-corrected chi connectivity index (χ2v) is 6.88. The molecular formula is C15H15N3O6S. The number of rotatable bonds is 6. The molecule has 25 heavy (non-hydrogen) atoms. The maximum atomic E-state index is 12.9. The van der Waals surface area contributed by atoms with Gasteiger partial charge in [-0.25, -0.2) is 8.42 Å². The van der Waals surface area contributed by atoms with E-state index in [1.807, 2.05) is 0 Å². The number of ether oxygens (including phenoxy) is 1. The minimum atomic E-state index is -4.32. The van der Waals surface area contributed by atoms with Gasteiger partial charge in [0.05, 0.1) is 29.4 Å². The molecule has 0 unspecified atom stereocenters. The summed E-state index contributed by atoms with van der Waals surface area (Å²) in [5, 5.41) is 11.3. The number of amides is 1. The van der Waals surface area contributed by atoms with Crippen molar-refractivity contribution in [2.24, 2.45) is 5.73 Å². The first-order chi connectivity index (χ1) is 11.7. The van der Waals surface area contributed by atoms with E-state index >= 15 is 0 Å². The molecule has 132 valence electrons. The fraction of sp³-hybridized carbons (Fsp3) is 0.133. The molecule has 0 fully saturated rings. The van der Waals surface area contributed by atoms with Crippen molar-refractivity contribution in [1.82, 2.24) is 0 Å². The van der Waals surface area contributed by atoms with Gasteiger partial charge < -0.3 is 10.5 Å². The van der Waals surface area contributed by atoms with Gasteiger partial charge in [-0.1, -0.05) is 12.1 Å². The fourth-order valence-electron chi connectivity index (χ4n) is 2.22. The number of para-hydroxylation sites is 1. The zero-order chi connectivity index (χ0) is 18.8. The van der Waals surface area contributed by atoms with E-state index in [4.69, 9.17) is 10.5 Å². The number of sulfonamides is 1. The van der Waals surface area contributed by atoms with Gasteiger partial charge in [-0.15, -0.1) is 0 Å². The molecule has 0 heterocycles. The lowest BCUT2D eigenvalue weighted by molar-refractivity contribution is -0.387. The van der Waals surface area contributed by atoms with Crippen molar-refractivity contribution in [3.8, 4) is 5.75 Å². The summed E-state index contributed by atoms with van der Waals surface area (Å²) in [7, 11) is -1.83. The second-order valence-electron chi connectivity index (χ2n) is 4.94. The molecule has 0 aliphatic carbocycles. The molecule has 0 radical (unpaired) electrons. The number of benzene rings is 2. The van der Waals surface area contributed by atoms with Crippen LogP contribution in [0.3, 0.4) is 0 Å². The largest absolute Gasteiger partial charge is 0.497 e. The van der Waals surface area contributed by atoms with Gasteiger partial charge in [0, 0.05) is 7.05 Å². The molecule has 2 rings (SSSR count). The number of nitro benzene ring substituents is 1. The van der Waals surface area contributed by atoms with Gasteiger partial charge in [-0.2, -0.15) is 0 Å². The smallest absolute Gasteiger partial charge is 0.293 e. The number of carbonyl (C=O) groups excluding carboxylic acids is 1. The first-order valence-corrected chi connectivity index (χ1v) is 8.34. The minimum Gasteiger partial charge on any atom is -0.497 e. The molecule has 0 aliphatic rings. The summed E-state index contributed by atoms with van der Waals surface area (Å²) in [6.45, 7) is 0. The molecule has 0 atom stereocenters. The Labute approximate surface area is 143 Å². The van der Waals surface area contributed by atoms with Crippen molar-refractivity contribution >= 4 is 27.3 Å². The van der Waals surface area contributed by atoms with E-state index in [1.165, 1.54) is 44.5 Å². The highest BCUT2D eigenvalue weighted by Crippen LogP contribution is 2.32. The Hall–Kier alpha value is -3.14. The third-order valence-electron chi connectivity index (χ3n) is 3.51. The van der Waals surface area contributed by atoms with Crippen LogP contribution in [-0.2, 0) is 10.0 Å². The number of hydrogen-bond donors (Lipinski definition) is 1. The van der Waals surface area contributed by atoms with Crippen molar-refractivity contribution in [1.29, 1.82) is 0 Å². The predicted octanol–water partition coefficient (Wildman–Crippen LogP) is 1.53. The Morgan fingerprint density at radius 3 is 2.44 bits per heavy atom. The summed E-state index contributed by atoms with van der Waals surface area (Å²) >= 11 is 0. The van der Waals surface area contributed by atoms with Crippen LogP contribution in [0.2, 0.25) is 0 Å². The molecule has 9 nitrogen and oxygen atoms in total. The molecule has 0 spiro atoms. The third kappa shape index (κ3) is 3.38. The highest BCUT2D eigenvalue weighted by atomic mass is 32.2. The summed E-state index contributed by atoms with van der Waals surface area (Å²) in [6, 6.07) is 9.19. The quantitative estimate of drug-likeness (QED) is 0.609. The average molecular weight is 365 g/mol. The fourth-order valence-corrected chi connectivity index (χ4v) is 3.57. The van der Waals surface area contributed by atoms with Crippen LogP contribution < -0.4 is 14.8 Å². The minimum absolute atomic E-state index is 0.0140. The highest BCUT2D eigenvalue weighted by molar-refractivity contribution is 7.93. The molecule has 10 heteroatoms. The van der Waals surface area contributed by atoms with Gasteiger partial charge in [-0.3, -0.25) is 19.2 Å². The maximum Gasteiger partial charge on any atom is 0.293 e. The number of nitrogens with zero attached hydrogens (tertiary/aromatic N) is 2. The van der Waals surface area contributed by atoms with Crippen molar-refractivity contribution in [3.05, 3.63) is 58.1 Å². The number of nitro groups is 1. The molecule has 0 bridgehead atoms. The number of hydrogen-bond acceptors (Lipinski definition) is 6. The normalized spacial score (nSPS) is 11.0. The van der Waals surface area contributed by atoms with Crippen LogP contribution in [0.4, 0.5) is 11.4 Å². The number of carbonyl (C=O) groups is 1. The van der Waals surface area contributed by atoms with Crippen LogP contribution in [0, 0.1) is 10.1 Å². The molecule has 0 saturated heterocycles. The molecule has 0 aliphatic heterocycles. The summed E-state index contributed by atoms with van der Waals surface area (Å²) in [5.74, 6) is -0.673. The topological polar surface area (TPSA) is 133 Å². The molecular weight excluding hydrogens is 350 g/mol. The number of primary amides is 1. The lowest BCUT2D eigenvalue weighted by Crippen LogP contribution is -2.29. The monoisotopic (exact) mass is 365 g/mol. The lowest BCUT2D eigenvalue weighted by Gasteiger charge is -2.21. The van der Waals surface area contributed by atoms with Crippen molar-refractivity contribution in [2.45, 2.75) is 4.90 Å². The Kier molecular flexibility index (Phi) is 4.93. The third-order valence-corrected chi connectivity index (χ3v) is 5.33. The van der Waals surface area contributed by atoms with E-state index in [2.05, 4.69) is 0 Å². The standard InChI is InChI=1S/C15H15N3O6S/c1-17(12-6-4-3-5-11(12)15(16)19)25(22,23)14-8-7-10(24-2)9-13(14)18(20)21/h3-9H,1-2H3,(H2,16,19). The van der Waals surface area contributed by atoms with Gasteiger partial charge in [0.2, 0.25) is 0 Å². The van der Waals surface area contributed by atoms with E-state index < -0.39 is 31.4 Å². The summed E-state index contributed by atoms with van der Waals surface area (Å²) in [6.07, 6.45) is 0. The molecule has 2 aromatic rings. The summed E-state index contributed by atoms with van der Waals surface area (Å²) in [4.78, 5) is 21.4. The maximum absolute atomic E-state index is 12.9. The number of anilines is 1. The van der Waals surface area contributed by atoms with Crippen LogP contribution in [0.15, 0.2) is 47.4 Å². The number of nitrogens with two attached hydrogens (primary N) is 1. The van der Waals surface area contributed by atoms with E-state index in [0.717, 1.165) is 16.4 Å². The SMILES string of the molecule is COc1ccc(S(=O)(=O)N(C)c2ccccc2C(N)=O)c([N+](=O)[O-])c1. The zero-order valence-corrected chi connectivity index (χ0v) is 14.2. The van der Waals surface area contributed by atoms with Crippen LogP contribution in [-0.4, -0.2) is 33.4 Å². The first-order valence-electron chi connectivity index (χ1n) is 6.90. The second kappa shape index (κ2) is 6.77. The van der Waals surface area contributed by atoms with E-state index in [-0.39, 0.29) is 17.0 Å². The summed E-state index contributed by atoms with van der Waals surface area (Å²) in [5.41, 5.74) is 4.62. The van der Waals surface area contributed by atoms with Gasteiger partial charge in [0.15, 0.2) is 4.90 Å². The lowest BCUT2D eigenvalue weighted by atomic mass is 10.2. The molecule has 2 N–H and O–H groups in total. The molecule has 0 aromatic heterocycles. The predicted molar refractivity (Wildman–Crippen MR) is 90.2 cm³/mol. The Balaban J connectivity index is 2.64. The van der Waals surface area contributed by atoms with Crippen LogP contribution in [0.25, 0.3) is 0 Å². The van der Waals surface area contributed by atoms with E-state index in [1.54, 1.807) is 0 Å².